The molecule has 20 heavy (non-hydrogen) atoms. The van der Waals surface area contributed by atoms with Crippen LogP contribution in [0.2, 0.25) is 0 Å². The first-order valence-corrected chi connectivity index (χ1v) is 6.47. The molecule has 9 heteroatoms. The normalized spacial score (nSPS) is 11.3. The molecule has 0 saturated carbocycles. The maximum absolute atomic E-state index is 12.3. The van der Waals surface area contributed by atoms with Crippen LogP contribution >= 0.6 is 12.2 Å². The Hall–Kier alpha value is -2.29. The zero-order valence-electron chi connectivity index (χ0n) is 11.1. The van der Waals surface area contributed by atoms with E-state index in [2.05, 4.69) is 20.2 Å². The summed E-state index contributed by atoms with van der Waals surface area (Å²) in [6.07, 6.45) is 2.56. The van der Waals surface area contributed by atoms with Gasteiger partial charge in [-0.1, -0.05) is 0 Å². The van der Waals surface area contributed by atoms with Crippen LogP contribution in [0.25, 0.3) is 0 Å². The molecule has 0 bridgehead atoms. The summed E-state index contributed by atoms with van der Waals surface area (Å²) >= 11 is 5.18. The molecule has 0 saturated heterocycles. The second-order valence-electron chi connectivity index (χ2n) is 3.88. The Kier molecular flexibility index (Phi) is 4.08. The largest absolute Gasteiger partial charge is 0.494 e. The average molecular weight is 294 g/mol. The van der Waals surface area contributed by atoms with Gasteiger partial charge in [0.2, 0.25) is 11.8 Å². The van der Waals surface area contributed by atoms with Gasteiger partial charge in [0.1, 0.15) is 11.9 Å². The highest BCUT2D eigenvalue weighted by molar-refractivity contribution is 7.71. The van der Waals surface area contributed by atoms with E-state index in [-0.39, 0.29) is 27.7 Å². The van der Waals surface area contributed by atoms with Crippen LogP contribution in [0.15, 0.2) is 16.1 Å². The maximum atomic E-state index is 12.3. The highest BCUT2D eigenvalue weighted by atomic mass is 32.1. The fourth-order valence-electron chi connectivity index (χ4n) is 1.77. The number of rotatable bonds is 4. The lowest BCUT2D eigenvalue weighted by Crippen LogP contribution is -2.27. The molecule has 0 aliphatic heterocycles. The van der Waals surface area contributed by atoms with Gasteiger partial charge in [0.05, 0.1) is 0 Å². The van der Waals surface area contributed by atoms with Gasteiger partial charge in [-0.05, 0) is 26.1 Å². The van der Waals surface area contributed by atoms with Crippen LogP contribution < -0.4 is 5.56 Å². The molecule has 0 atom stereocenters. The van der Waals surface area contributed by atoms with Crippen molar-refractivity contribution in [3.63, 3.8) is 0 Å². The molecular formula is C11H14N6O2S. The number of nitrogens with zero attached hydrogens (tertiary/aromatic N) is 5. The first kappa shape index (κ1) is 14.1. The Labute approximate surface area is 119 Å². The van der Waals surface area contributed by atoms with Crippen molar-refractivity contribution in [1.29, 1.82) is 0 Å². The van der Waals surface area contributed by atoms with Gasteiger partial charge in [0.15, 0.2) is 4.77 Å². The standard InChI is InChI=1S/C11H14N6O2S/c1-3-16-8(18)7(5-12-10-13-6-14-15-10)9(19)17(4-2)11(16)20/h5-6,18H,3-4H2,1-2H3,(H,13,14,15). The van der Waals surface area contributed by atoms with Gasteiger partial charge in [-0.3, -0.25) is 13.9 Å². The van der Waals surface area contributed by atoms with E-state index in [0.717, 1.165) is 0 Å². The minimum absolute atomic E-state index is 0.0682. The Morgan fingerprint density at radius 1 is 1.45 bits per heavy atom. The van der Waals surface area contributed by atoms with Crippen LogP contribution in [-0.2, 0) is 13.1 Å². The number of H-pyrrole nitrogens is 1. The van der Waals surface area contributed by atoms with E-state index in [9.17, 15) is 9.90 Å². The highest BCUT2D eigenvalue weighted by Crippen LogP contribution is 2.13. The van der Waals surface area contributed by atoms with Crippen molar-refractivity contribution in [2.24, 2.45) is 4.99 Å². The number of hydrogen-bond acceptors (Lipinski definition) is 6. The smallest absolute Gasteiger partial charge is 0.267 e. The van der Waals surface area contributed by atoms with E-state index >= 15 is 0 Å². The zero-order chi connectivity index (χ0) is 14.7. The van der Waals surface area contributed by atoms with Crippen molar-refractivity contribution < 1.29 is 5.11 Å². The summed E-state index contributed by atoms with van der Waals surface area (Å²) in [5.74, 6) is 0.0489. The van der Waals surface area contributed by atoms with Crippen molar-refractivity contribution in [3.05, 3.63) is 27.0 Å². The number of aromatic nitrogens is 5. The number of aromatic hydroxyl groups is 1. The van der Waals surface area contributed by atoms with E-state index in [1.807, 2.05) is 13.8 Å². The Balaban J connectivity index is 2.64. The summed E-state index contributed by atoms with van der Waals surface area (Å²) in [5.41, 5.74) is -0.318. The molecule has 2 N–H and O–H groups in total. The van der Waals surface area contributed by atoms with Crippen LogP contribution in [0, 0.1) is 4.77 Å². The molecule has 106 valence electrons. The third kappa shape index (κ3) is 2.39. The van der Waals surface area contributed by atoms with E-state index in [1.54, 1.807) is 0 Å². The van der Waals surface area contributed by atoms with Gasteiger partial charge in [0.25, 0.3) is 5.56 Å². The van der Waals surface area contributed by atoms with Crippen LogP contribution in [0.3, 0.4) is 0 Å². The molecule has 2 aromatic rings. The van der Waals surface area contributed by atoms with Crippen molar-refractivity contribution in [2.75, 3.05) is 0 Å². The van der Waals surface area contributed by atoms with Crippen molar-refractivity contribution in [1.82, 2.24) is 24.3 Å². The molecule has 0 radical (unpaired) electrons. The van der Waals surface area contributed by atoms with E-state index in [1.165, 1.54) is 21.7 Å². The van der Waals surface area contributed by atoms with E-state index in [4.69, 9.17) is 12.2 Å². The molecule has 0 fully saturated rings. The lowest BCUT2D eigenvalue weighted by molar-refractivity contribution is 0.399. The van der Waals surface area contributed by atoms with Gasteiger partial charge in [-0.25, -0.2) is 10.1 Å². The molecule has 0 unspecified atom stereocenters. The van der Waals surface area contributed by atoms with Crippen molar-refractivity contribution in [3.8, 4) is 5.88 Å². The van der Waals surface area contributed by atoms with Gasteiger partial charge in [-0.2, -0.15) is 10.1 Å². The minimum atomic E-state index is -0.386. The third-order valence-electron chi connectivity index (χ3n) is 2.78. The quantitative estimate of drug-likeness (QED) is 0.647. The topological polar surface area (TPSA) is 101 Å². The Bertz CT molecular complexity index is 744. The first-order valence-electron chi connectivity index (χ1n) is 6.06. The Morgan fingerprint density at radius 3 is 2.70 bits per heavy atom. The third-order valence-corrected chi connectivity index (χ3v) is 3.23. The first-order chi connectivity index (χ1) is 9.60. The predicted octanol–water partition coefficient (Wildman–Crippen LogP) is 0.993. The lowest BCUT2D eigenvalue weighted by atomic mass is 10.3. The minimum Gasteiger partial charge on any atom is -0.494 e. The summed E-state index contributed by atoms with van der Waals surface area (Å²) in [6.45, 7) is 4.51. The number of nitrogens with one attached hydrogen (secondary N) is 1. The van der Waals surface area contributed by atoms with Crippen LogP contribution in [-0.4, -0.2) is 35.6 Å². The highest BCUT2D eigenvalue weighted by Gasteiger charge is 2.13. The number of aromatic amines is 1. The summed E-state index contributed by atoms with van der Waals surface area (Å²) in [7, 11) is 0. The summed E-state index contributed by atoms with van der Waals surface area (Å²) in [5, 5.41) is 16.3. The second-order valence-corrected chi connectivity index (χ2v) is 4.25. The summed E-state index contributed by atoms with van der Waals surface area (Å²) in [4.78, 5) is 20.0. The SMILES string of the molecule is CCn1c(O)c(C=Nc2ncn[nH]2)c(=O)n(CC)c1=S. The molecule has 2 rings (SSSR count). The Morgan fingerprint density at radius 2 is 2.15 bits per heavy atom. The van der Waals surface area contributed by atoms with Gasteiger partial charge in [0, 0.05) is 19.3 Å². The molecule has 0 aromatic carbocycles. The summed E-state index contributed by atoms with van der Waals surface area (Å²) < 4.78 is 3.16. The van der Waals surface area contributed by atoms with Crippen LogP contribution in [0.4, 0.5) is 5.95 Å². The number of hydrogen-bond donors (Lipinski definition) is 2. The number of aliphatic imine (C=N–C) groups is 1. The molecule has 2 aromatic heterocycles. The van der Waals surface area contributed by atoms with Crippen molar-refractivity contribution >= 4 is 24.4 Å². The average Bonchev–Trinajstić information content (AvgIpc) is 2.93. The molecule has 0 aliphatic rings. The van der Waals surface area contributed by atoms with Crippen molar-refractivity contribution in [2.45, 2.75) is 26.9 Å². The molecular weight excluding hydrogens is 280 g/mol. The molecule has 8 nitrogen and oxygen atoms in total. The molecule has 0 amide bonds. The molecule has 0 spiro atoms. The monoisotopic (exact) mass is 294 g/mol. The van der Waals surface area contributed by atoms with Gasteiger partial charge < -0.3 is 5.11 Å². The fraction of sp³-hybridized carbons (Fsp3) is 0.364. The predicted molar refractivity (Wildman–Crippen MR) is 76.2 cm³/mol. The second kappa shape index (κ2) is 5.78. The lowest BCUT2D eigenvalue weighted by Gasteiger charge is -2.13. The maximum Gasteiger partial charge on any atom is 0.267 e. The van der Waals surface area contributed by atoms with Gasteiger partial charge >= 0.3 is 0 Å². The van der Waals surface area contributed by atoms with Crippen LogP contribution in [0.5, 0.6) is 5.88 Å². The van der Waals surface area contributed by atoms with E-state index in [0.29, 0.717) is 13.1 Å². The zero-order valence-corrected chi connectivity index (χ0v) is 11.9. The van der Waals surface area contributed by atoms with Gasteiger partial charge in [-0.15, -0.1) is 0 Å². The molecule has 0 aliphatic carbocycles. The molecule has 2 heterocycles. The fourth-order valence-corrected chi connectivity index (χ4v) is 2.20. The summed E-state index contributed by atoms with van der Waals surface area (Å²) in [6, 6.07) is 0. The van der Waals surface area contributed by atoms with E-state index < -0.39 is 0 Å². The van der Waals surface area contributed by atoms with Crippen LogP contribution in [0.1, 0.15) is 19.4 Å².